The Morgan fingerprint density at radius 3 is 2.58 bits per heavy atom. The lowest BCUT2D eigenvalue weighted by Crippen LogP contribution is -2.25. The molecule has 104 valence electrons. The Morgan fingerprint density at radius 2 is 2.00 bits per heavy atom. The van der Waals surface area contributed by atoms with E-state index in [0.29, 0.717) is 16.7 Å². The Kier molecular flexibility index (Phi) is 6.36. The van der Waals surface area contributed by atoms with Gasteiger partial charge in [0.2, 0.25) is 0 Å². The number of ether oxygens (including phenoxy) is 1. The maximum absolute atomic E-state index is 11.5. The molecule has 0 aliphatic rings. The van der Waals surface area contributed by atoms with Gasteiger partial charge in [0.05, 0.1) is 0 Å². The molecule has 1 aromatic carbocycles. The monoisotopic (exact) mass is 282 g/mol. The van der Waals surface area contributed by atoms with Gasteiger partial charge < -0.3 is 4.74 Å². The van der Waals surface area contributed by atoms with Gasteiger partial charge in [-0.1, -0.05) is 25.4 Å². The SMILES string of the molecule is CC(CC(C)C)=NNC(=O)COc1ccc(Cl)cc1. The smallest absolute Gasteiger partial charge is 0.277 e. The topological polar surface area (TPSA) is 50.7 Å². The number of carbonyl (C=O) groups is 1. The molecule has 0 spiro atoms. The Morgan fingerprint density at radius 1 is 1.37 bits per heavy atom. The minimum atomic E-state index is -0.280. The lowest BCUT2D eigenvalue weighted by Gasteiger charge is -2.06. The highest BCUT2D eigenvalue weighted by atomic mass is 35.5. The second-order valence-corrected chi connectivity index (χ2v) is 5.16. The van der Waals surface area contributed by atoms with Gasteiger partial charge in [0.15, 0.2) is 6.61 Å². The molecule has 1 amide bonds. The highest BCUT2D eigenvalue weighted by Gasteiger charge is 2.03. The van der Waals surface area contributed by atoms with E-state index in [0.717, 1.165) is 12.1 Å². The van der Waals surface area contributed by atoms with Gasteiger partial charge in [-0.05, 0) is 43.5 Å². The maximum atomic E-state index is 11.5. The van der Waals surface area contributed by atoms with Gasteiger partial charge in [0.1, 0.15) is 5.75 Å². The van der Waals surface area contributed by atoms with Crippen molar-refractivity contribution in [3.63, 3.8) is 0 Å². The van der Waals surface area contributed by atoms with Crippen LogP contribution in [0.15, 0.2) is 29.4 Å². The van der Waals surface area contributed by atoms with E-state index in [1.54, 1.807) is 24.3 Å². The van der Waals surface area contributed by atoms with Gasteiger partial charge in [-0.2, -0.15) is 5.10 Å². The first kappa shape index (κ1) is 15.5. The molecule has 1 rings (SSSR count). The molecule has 0 atom stereocenters. The number of hydrogen-bond acceptors (Lipinski definition) is 3. The van der Waals surface area contributed by atoms with E-state index in [2.05, 4.69) is 24.4 Å². The molecule has 0 heterocycles. The number of carbonyl (C=O) groups excluding carboxylic acids is 1. The maximum Gasteiger partial charge on any atom is 0.277 e. The van der Waals surface area contributed by atoms with Crippen molar-refractivity contribution in [2.75, 3.05) is 6.61 Å². The molecule has 5 heteroatoms. The molecule has 0 saturated heterocycles. The highest BCUT2D eigenvalue weighted by Crippen LogP contribution is 2.15. The van der Waals surface area contributed by atoms with E-state index in [-0.39, 0.29) is 12.5 Å². The van der Waals surface area contributed by atoms with Crippen molar-refractivity contribution < 1.29 is 9.53 Å². The molecule has 0 saturated carbocycles. The quantitative estimate of drug-likeness (QED) is 0.643. The molecule has 1 N–H and O–H groups in total. The molecule has 0 unspecified atom stereocenters. The predicted octanol–water partition coefficient (Wildman–Crippen LogP) is 3.26. The lowest BCUT2D eigenvalue weighted by molar-refractivity contribution is -0.123. The van der Waals surface area contributed by atoms with E-state index < -0.39 is 0 Å². The summed E-state index contributed by atoms with van der Waals surface area (Å²) in [5.41, 5.74) is 3.37. The van der Waals surface area contributed by atoms with E-state index in [1.807, 2.05) is 6.92 Å². The average Bonchev–Trinajstić information content (AvgIpc) is 2.35. The van der Waals surface area contributed by atoms with Gasteiger partial charge in [-0.15, -0.1) is 0 Å². The molecule has 0 bridgehead atoms. The zero-order valence-electron chi connectivity index (χ0n) is 11.4. The number of nitrogens with zero attached hydrogens (tertiary/aromatic N) is 1. The third-order valence-corrected chi connectivity index (χ3v) is 2.51. The summed E-state index contributed by atoms with van der Waals surface area (Å²) in [6, 6.07) is 6.84. The first-order valence-corrected chi connectivity index (χ1v) is 6.55. The summed E-state index contributed by atoms with van der Waals surface area (Å²) in [6.07, 6.45) is 0.859. The molecular weight excluding hydrogens is 264 g/mol. The molecule has 0 fully saturated rings. The first-order valence-electron chi connectivity index (χ1n) is 6.17. The second kappa shape index (κ2) is 7.79. The summed E-state index contributed by atoms with van der Waals surface area (Å²) in [7, 11) is 0. The second-order valence-electron chi connectivity index (χ2n) is 4.72. The number of hydrogen-bond donors (Lipinski definition) is 1. The minimum Gasteiger partial charge on any atom is -0.484 e. The number of amides is 1. The first-order chi connectivity index (χ1) is 8.97. The van der Waals surface area contributed by atoms with E-state index in [9.17, 15) is 4.79 Å². The number of halogens is 1. The van der Waals surface area contributed by atoms with Crippen LogP contribution in [0.2, 0.25) is 5.02 Å². The van der Waals surface area contributed by atoms with Crippen molar-refractivity contribution in [1.29, 1.82) is 0 Å². The predicted molar refractivity (Wildman–Crippen MR) is 77.7 cm³/mol. The van der Waals surface area contributed by atoms with Crippen LogP contribution in [-0.4, -0.2) is 18.2 Å². The van der Waals surface area contributed by atoms with Crippen LogP contribution in [0, 0.1) is 5.92 Å². The largest absolute Gasteiger partial charge is 0.484 e. The molecular formula is C14H19ClN2O2. The van der Waals surface area contributed by atoms with Gasteiger partial charge in [0.25, 0.3) is 5.91 Å². The third kappa shape index (κ3) is 6.82. The zero-order valence-corrected chi connectivity index (χ0v) is 12.2. The van der Waals surface area contributed by atoms with Crippen molar-refractivity contribution in [2.45, 2.75) is 27.2 Å². The van der Waals surface area contributed by atoms with E-state index in [1.165, 1.54) is 0 Å². The molecule has 1 aromatic rings. The van der Waals surface area contributed by atoms with Gasteiger partial charge >= 0.3 is 0 Å². The van der Waals surface area contributed by atoms with Crippen molar-refractivity contribution in [2.24, 2.45) is 11.0 Å². The number of rotatable bonds is 6. The summed E-state index contributed by atoms with van der Waals surface area (Å²) < 4.78 is 5.30. The van der Waals surface area contributed by atoms with Crippen LogP contribution in [0.4, 0.5) is 0 Å². The minimum absolute atomic E-state index is 0.0694. The zero-order chi connectivity index (χ0) is 14.3. The van der Waals surface area contributed by atoms with Crippen LogP contribution < -0.4 is 10.2 Å². The summed E-state index contributed by atoms with van der Waals surface area (Å²) >= 11 is 5.75. The van der Waals surface area contributed by atoms with Crippen LogP contribution in [0.1, 0.15) is 27.2 Å². The van der Waals surface area contributed by atoms with Gasteiger partial charge in [-0.25, -0.2) is 5.43 Å². The van der Waals surface area contributed by atoms with Gasteiger partial charge in [0, 0.05) is 10.7 Å². The highest BCUT2D eigenvalue weighted by molar-refractivity contribution is 6.30. The van der Waals surface area contributed by atoms with Crippen LogP contribution in [0.25, 0.3) is 0 Å². The fourth-order valence-electron chi connectivity index (χ4n) is 1.51. The van der Waals surface area contributed by atoms with E-state index in [4.69, 9.17) is 16.3 Å². The van der Waals surface area contributed by atoms with Crippen LogP contribution in [0.5, 0.6) is 5.75 Å². The Labute approximate surface area is 118 Å². The number of hydrazone groups is 1. The molecule has 0 aliphatic carbocycles. The van der Waals surface area contributed by atoms with Crippen LogP contribution >= 0.6 is 11.6 Å². The number of nitrogens with one attached hydrogen (secondary N) is 1. The Balaban J connectivity index is 2.34. The summed E-state index contributed by atoms with van der Waals surface area (Å²) in [4.78, 5) is 11.5. The fourth-order valence-corrected chi connectivity index (χ4v) is 1.63. The lowest BCUT2D eigenvalue weighted by atomic mass is 10.1. The third-order valence-electron chi connectivity index (χ3n) is 2.26. The van der Waals surface area contributed by atoms with Crippen LogP contribution in [0.3, 0.4) is 0 Å². The molecule has 19 heavy (non-hydrogen) atoms. The van der Waals surface area contributed by atoms with Gasteiger partial charge in [-0.3, -0.25) is 4.79 Å². The number of benzene rings is 1. The molecule has 0 aromatic heterocycles. The molecule has 0 radical (unpaired) electrons. The summed E-state index contributed by atoms with van der Waals surface area (Å²) in [6.45, 7) is 6.02. The Bertz CT molecular complexity index is 441. The molecule has 4 nitrogen and oxygen atoms in total. The van der Waals surface area contributed by atoms with Crippen molar-refractivity contribution in [1.82, 2.24) is 5.43 Å². The van der Waals surface area contributed by atoms with Crippen LogP contribution in [-0.2, 0) is 4.79 Å². The Hall–Kier alpha value is -1.55. The molecule has 0 aliphatic heterocycles. The van der Waals surface area contributed by atoms with E-state index >= 15 is 0 Å². The normalized spacial score (nSPS) is 11.5. The van der Waals surface area contributed by atoms with Crippen molar-refractivity contribution >= 4 is 23.2 Å². The average molecular weight is 283 g/mol. The standard InChI is InChI=1S/C14H19ClN2O2/c1-10(2)8-11(3)16-17-14(18)9-19-13-6-4-12(15)5-7-13/h4-7,10H,8-9H2,1-3H3,(H,17,18). The van der Waals surface area contributed by atoms with Crippen molar-refractivity contribution in [3.8, 4) is 5.75 Å². The summed E-state index contributed by atoms with van der Waals surface area (Å²) in [5.74, 6) is 0.839. The van der Waals surface area contributed by atoms with Crippen molar-refractivity contribution in [3.05, 3.63) is 29.3 Å². The fraction of sp³-hybridized carbons (Fsp3) is 0.429. The summed E-state index contributed by atoms with van der Waals surface area (Å²) in [5, 5.41) is 4.64.